The van der Waals surface area contributed by atoms with Crippen LogP contribution in [0.2, 0.25) is 0 Å². The highest BCUT2D eigenvalue weighted by Gasteiger charge is 2.18. The summed E-state index contributed by atoms with van der Waals surface area (Å²) >= 11 is 0. The maximum atomic E-state index is 4.20. The van der Waals surface area contributed by atoms with Crippen molar-refractivity contribution >= 4 is 5.78 Å². The van der Waals surface area contributed by atoms with E-state index < -0.39 is 0 Å². The smallest absolute Gasteiger partial charge is 0.233 e. The molecule has 3 heterocycles. The van der Waals surface area contributed by atoms with E-state index >= 15 is 0 Å². The van der Waals surface area contributed by atoms with Crippen LogP contribution in [-0.2, 0) is 0 Å². The molecule has 0 amide bonds. The number of nitrogens with one attached hydrogen (secondary N) is 1. The molecule has 2 aromatic heterocycles. The fourth-order valence-corrected chi connectivity index (χ4v) is 2.07. The third-order valence-corrected chi connectivity index (χ3v) is 2.75. The lowest BCUT2D eigenvalue weighted by atomic mass is 10.1. The van der Waals surface area contributed by atoms with Gasteiger partial charge in [0.1, 0.15) is 0 Å². The molecule has 1 saturated heterocycles. The van der Waals surface area contributed by atoms with Crippen molar-refractivity contribution in [1.82, 2.24) is 19.7 Å². The summed E-state index contributed by atoms with van der Waals surface area (Å²) in [5.74, 6) is 0.788. The Kier molecular flexibility index (Phi) is 1.73. The number of imidazole rings is 1. The molecule has 0 bridgehead atoms. The van der Waals surface area contributed by atoms with E-state index in [9.17, 15) is 0 Å². The van der Waals surface area contributed by atoms with Gasteiger partial charge in [0.2, 0.25) is 5.78 Å². The standard InChI is InChI=1S/C10H12N4/c1-2-8(11-4-1)9-3-5-12-10-13-6-7-14(9)10/h3,5-8,11H,1-2,4H2/t8-/m0/s1. The molecule has 1 aliphatic rings. The van der Waals surface area contributed by atoms with E-state index in [0.29, 0.717) is 6.04 Å². The zero-order valence-electron chi connectivity index (χ0n) is 7.85. The fraction of sp³-hybridized carbons (Fsp3) is 0.400. The van der Waals surface area contributed by atoms with Gasteiger partial charge in [0.05, 0.1) is 0 Å². The van der Waals surface area contributed by atoms with Gasteiger partial charge < -0.3 is 5.32 Å². The number of rotatable bonds is 1. The van der Waals surface area contributed by atoms with E-state index in [1.807, 2.05) is 12.4 Å². The molecular formula is C10H12N4. The highest BCUT2D eigenvalue weighted by Crippen LogP contribution is 2.22. The van der Waals surface area contributed by atoms with Crippen LogP contribution in [-0.4, -0.2) is 20.9 Å². The normalized spacial score (nSPS) is 21.9. The van der Waals surface area contributed by atoms with Crippen LogP contribution in [0.25, 0.3) is 5.78 Å². The summed E-state index contributed by atoms with van der Waals surface area (Å²) in [5, 5.41) is 3.48. The van der Waals surface area contributed by atoms with E-state index in [1.54, 1.807) is 6.20 Å². The largest absolute Gasteiger partial charge is 0.309 e. The summed E-state index contributed by atoms with van der Waals surface area (Å²) in [6.45, 7) is 1.11. The average Bonchev–Trinajstić information content (AvgIpc) is 2.88. The molecule has 0 saturated carbocycles. The molecule has 2 aromatic rings. The molecule has 4 heteroatoms. The molecule has 0 aromatic carbocycles. The van der Waals surface area contributed by atoms with E-state index in [4.69, 9.17) is 0 Å². The maximum absolute atomic E-state index is 4.20. The minimum atomic E-state index is 0.467. The summed E-state index contributed by atoms with van der Waals surface area (Å²) in [6, 6.07) is 2.53. The molecule has 0 aliphatic carbocycles. The summed E-state index contributed by atoms with van der Waals surface area (Å²) in [7, 11) is 0. The van der Waals surface area contributed by atoms with Crippen LogP contribution in [0, 0.1) is 0 Å². The molecular weight excluding hydrogens is 176 g/mol. The summed E-state index contributed by atoms with van der Waals surface area (Å²) in [5.41, 5.74) is 1.27. The summed E-state index contributed by atoms with van der Waals surface area (Å²) < 4.78 is 2.06. The molecule has 1 fully saturated rings. The zero-order chi connectivity index (χ0) is 9.38. The first kappa shape index (κ1) is 7.94. The molecule has 1 N–H and O–H groups in total. The predicted molar refractivity (Wildman–Crippen MR) is 53.0 cm³/mol. The molecule has 0 unspecified atom stereocenters. The summed E-state index contributed by atoms with van der Waals surface area (Å²) in [4.78, 5) is 8.37. The highest BCUT2D eigenvalue weighted by molar-refractivity contribution is 5.31. The zero-order valence-corrected chi connectivity index (χ0v) is 7.85. The van der Waals surface area contributed by atoms with Gasteiger partial charge in [-0.05, 0) is 25.5 Å². The van der Waals surface area contributed by atoms with Crippen molar-refractivity contribution < 1.29 is 0 Å². The van der Waals surface area contributed by atoms with Crippen molar-refractivity contribution in [3.05, 3.63) is 30.4 Å². The Morgan fingerprint density at radius 2 is 2.29 bits per heavy atom. The fourth-order valence-electron chi connectivity index (χ4n) is 2.07. The molecule has 72 valence electrons. The first-order chi connectivity index (χ1) is 6.95. The molecule has 4 nitrogen and oxygen atoms in total. The van der Waals surface area contributed by atoms with Crippen molar-refractivity contribution in [2.45, 2.75) is 18.9 Å². The van der Waals surface area contributed by atoms with Gasteiger partial charge in [-0.3, -0.25) is 4.40 Å². The van der Waals surface area contributed by atoms with Crippen LogP contribution < -0.4 is 5.32 Å². The topological polar surface area (TPSA) is 42.2 Å². The van der Waals surface area contributed by atoms with Crippen LogP contribution in [0.4, 0.5) is 0 Å². The van der Waals surface area contributed by atoms with Gasteiger partial charge in [-0.15, -0.1) is 0 Å². The second kappa shape index (κ2) is 3.06. The Bertz CT molecular complexity index is 442. The molecule has 1 aliphatic heterocycles. The van der Waals surface area contributed by atoms with Gasteiger partial charge in [0.25, 0.3) is 0 Å². The quantitative estimate of drug-likeness (QED) is 0.730. The molecule has 3 rings (SSSR count). The van der Waals surface area contributed by atoms with Crippen LogP contribution in [0.3, 0.4) is 0 Å². The van der Waals surface area contributed by atoms with Gasteiger partial charge in [-0.1, -0.05) is 0 Å². The second-order valence-electron chi connectivity index (χ2n) is 3.62. The van der Waals surface area contributed by atoms with E-state index in [-0.39, 0.29) is 0 Å². The Morgan fingerprint density at radius 1 is 1.36 bits per heavy atom. The number of hydrogen-bond donors (Lipinski definition) is 1. The SMILES string of the molecule is c1cc([C@@H]2CCCN2)n2ccnc2n1. The maximum Gasteiger partial charge on any atom is 0.233 e. The molecule has 0 spiro atoms. The Morgan fingerprint density at radius 3 is 3.14 bits per heavy atom. The van der Waals surface area contributed by atoms with Crippen molar-refractivity contribution in [3.8, 4) is 0 Å². The van der Waals surface area contributed by atoms with Crippen LogP contribution >= 0.6 is 0 Å². The third-order valence-electron chi connectivity index (χ3n) is 2.75. The third kappa shape index (κ3) is 1.11. The lowest BCUT2D eigenvalue weighted by molar-refractivity contribution is 0.617. The van der Waals surface area contributed by atoms with Gasteiger partial charge in [0.15, 0.2) is 0 Å². The van der Waals surface area contributed by atoms with Crippen molar-refractivity contribution in [1.29, 1.82) is 0 Å². The van der Waals surface area contributed by atoms with Crippen molar-refractivity contribution in [3.63, 3.8) is 0 Å². The average molecular weight is 188 g/mol. The highest BCUT2D eigenvalue weighted by atomic mass is 15.1. The number of fused-ring (bicyclic) bond motifs is 1. The number of nitrogens with zero attached hydrogens (tertiary/aromatic N) is 3. The number of aromatic nitrogens is 3. The van der Waals surface area contributed by atoms with E-state index in [0.717, 1.165) is 12.3 Å². The number of hydrogen-bond acceptors (Lipinski definition) is 3. The molecule has 1 atom stereocenters. The van der Waals surface area contributed by atoms with Crippen LogP contribution in [0.1, 0.15) is 24.6 Å². The Labute approximate surface area is 82.0 Å². The van der Waals surface area contributed by atoms with Crippen LogP contribution in [0.5, 0.6) is 0 Å². The predicted octanol–water partition coefficient (Wildman–Crippen LogP) is 1.15. The second-order valence-corrected chi connectivity index (χ2v) is 3.62. The Hall–Kier alpha value is -1.42. The minimum Gasteiger partial charge on any atom is -0.309 e. The minimum absolute atomic E-state index is 0.467. The lowest BCUT2D eigenvalue weighted by Gasteiger charge is -2.11. The van der Waals surface area contributed by atoms with Crippen LogP contribution in [0.15, 0.2) is 24.7 Å². The van der Waals surface area contributed by atoms with Gasteiger partial charge in [0, 0.05) is 30.3 Å². The lowest BCUT2D eigenvalue weighted by Crippen LogP contribution is -2.16. The summed E-state index contributed by atoms with van der Waals surface area (Å²) in [6.07, 6.45) is 8.05. The molecule has 14 heavy (non-hydrogen) atoms. The Balaban J connectivity index is 2.14. The van der Waals surface area contributed by atoms with Crippen molar-refractivity contribution in [2.75, 3.05) is 6.54 Å². The first-order valence-corrected chi connectivity index (χ1v) is 4.96. The molecule has 0 radical (unpaired) electrons. The monoisotopic (exact) mass is 188 g/mol. The first-order valence-electron chi connectivity index (χ1n) is 4.96. The van der Waals surface area contributed by atoms with Gasteiger partial charge in [-0.25, -0.2) is 9.97 Å². The van der Waals surface area contributed by atoms with Gasteiger partial charge >= 0.3 is 0 Å². The van der Waals surface area contributed by atoms with E-state index in [2.05, 4.69) is 25.8 Å². The van der Waals surface area contributed by atoms with E-state index in [1.165, 1.54) is 18.5 Å². The van der Waals surface area contributed by atoms with Gasteiger partial charge in [-0.2, -0.15) is 0 Å². The van der Waals surface area contributed by atoms with Crippen molar-refractivity contribution in [2.24, 2.45) is 0 Å².